The third kappa shape index (κ3) is 3.87. The van der Waals surface area contributed by atoms with Gasteiger partial charge in [0.2, 0.25) is 0 Å². The van der Waals surface area contributed by atoms with Crippen molar-refractivity contribution in [2.24, 2.45) is 5.73 Å². The van der Waals surface area contributed by atoms with Crippen LogP contribution in [-0.2, 0) is 4.74 Å². The van der Waals surface area contributed by atoms with Crippen LogP contribution in [0.3, 0.4) is 0 Å². The van der Waals surface area contributed by atoms with Crippen molar-refractivity contribution < 1.29 is 9.53 Å². The topological polar surface area (TPSA) is 77.2 Å². The van der Waals surface area contributed by atoms with E-state index in [1.807, 2.05) is 12.1 Å². The van der Waals surface area contributed by atoms with Gasteiger partial charge in [-0.15, -0.1) is 0 Å². The molecule has 5 nitrogen and oxygen atoms in total. The molecular weight excluding hydrogens is 298 g/mol. The van der Waals surface area contributed by atoms with Crippen LogP contribution in [0.4, 0.5) is 10.6 Å². The average molecular weight is 314 g/mol. The van der Waals surface area contributed by atoms with Gasteiger partial charge in [-0.1, -0.05) is 0 Å². The highest BCUT2D eigenvalue weighted by Gasteiger charge is 2.23. The SMILES string of the molecule is NC(=O)O[C@H]1CC[C@H](Nc2ccc(Br)cn2)CC1. The van der Waals surface area contributed by atoms with Crippen molar-refractivity contribution in [3.05, 3.63) is 22.8 Å². The molecule has 0 spiro atoms. The molecule has 98 valence electrons. The van der Waals surface area contributed by atoms with E-state index in [1.54, 1.807) is 6.20 Å². The summed E-state index contributed by atoms with van der Waals surface area (Å²) in [5.74, 6) is 0.873. The van der Waals surface area contributed by atoms with E-state index in [-0.39, 0.29) is 6.10 Å². The molecule has 0 atom stereocenters. The highest BCUT2D eigenvalue weighted by Crippen LogP contribution is 2.23. The Morgan fingerprint density at radius 1 is 1.39 bits per heavy atom. The summed E-state index contributed by atoms with van der Waals surface area (Å²) in [6.07, 6.45) is 4.66. The first kappa shape index (κ1) is 13.1. The van der Waals surface area contributed by atoms with E-state index >= 15 is 0 Å². The summed E-state index contributed by atoms with van der Waals surface area (Å²) >= 11 is 3.35. The molecule has 0 aliphatic heterocycles. The Hall–Kier alpha value is -1.30. The van der Waals surface area contributed by atoms with Crippen molar-refractivity contribution in [2.45, 2.75) is 37.8 Å². The van der Waals surface area contributed by atoms with Gasteiger partial charge in [0.15, 0.2) is 0 Å². The largest absolute Gasteiger partial charge is 0.446 e. The third-order valence-electron chi connectivity index (χ3n) is 3.04. The Morgan fingerprint density at radius 3 is 2.67 bits per heavy atom. The molecule has 2 rings (SSSR count). The van der Waals surface area contributed by atoms with E-state index in [4.69, 9.17) is 10.5 Å². The summed E-state index contributed by atoms with van der Waals surface area (Å²) in [6, 6.07) is 4.28. The van der Waals surface area contributed by atoms with Crippen molar-refractivity contribution in [3.63, 3.8) is 0 Å². The summed E-state index contributed by atoms with van der Waals surface area (Å²) < 4.78 is 5.96. The van der Waals surface area contributed by atoms with Gasteiger partial charge in [-0.05, 0) is 53.7 Å². The summed E-state index contributed by atoms with van der Waals surface area (Å²) in [7, 11) is 0. The first-order chi connectivity index (χ1) is 8.63. The number of rotatable bonds is 3. The second-order valence-electron chi connectivity index (χ2n) is 4.42. The lowest BCUT2D eigenvalue weighted by atomic mass is 9.93. The maximum Gasteiger partial charge on any atom is 0.404 e. The molecule has 18 heavy (non-hydrogen) atoms. The van der Waals surface area contributed by atoms with Gasteiger partial charge in [0.1, 0.15) is 11.9 Å². The molecule has 1 aliphatic rings. The summed E-state index contributed by atoms with van der Waals surface area (Å²) in [5.41, 5.74) is 5.00. The molecule has 1 heterocycles. The predicted octanol–water partition coefficient (Wildman–Crippen LogP) is 2.66. The van der Waals surface area contributed by atoms with Gasteiger partial charge >= 0.3 is 6.09 Å². The van der Waals surface area contributed by atoms with Crippen LogP contribution in [0.2, 0.25) is 0 Å². The molecule has 0 bridgehead atoms. The van der Waals surface area contributed by atoms with E-state index in [0.29, 0.717) is 6.04 Å². The van der Waals surface area contributed by atoms with Crippen LogP contribution in [0.25, 0.3) is 0 Å². The van der Waals surface area contributed by atoms with Gasteiger partial charge in [-0.25, -0.2) is 9.78 Å². The standard InChI is InChI=1S/C12H16BrN3O2/c13-8-1-6-11(15-7-8)16-9-2-4-10(5-3-9)18-12(14)17/h1,6-7,9-10H,2-5H2,(H2,14,17)(H,15,16)/t9-,10-. The zero-order valence-corrected chi connectivity index (χ0v) is 11.5. The molecule has 1 saturated carbocycles. The van der Waals surface area contributed by atoms with Crippen LogP contribution in [0, 0.1) is 0 Å². The van der Waals surface area contributed by atoms with Gasteiger partial charge in [0.25, 0.3) is 0 Å². The third-order valence-corrected chi connectivity index (χ3v) is 3.51. The highest BCUT2D eigenvalue weighted by atomic mass is 79.9. The van der Waals surface area contributed by atoms with Crippen LogP contribution < -0.4 is 11.1 Å². The zero-order chi connectivity index (χ0) is 13.0. The number of nitrogens with two attached hydrogens (primary N) is 1. The number of ether oxygens (including phenoxy) is 1. The maximum atomic E-state index is 10.6. The minimum Gasteiger partial charge on any atom is -0.446 e. The summed E-state index contributed by atoms with van der Waals surface area (Å²) in [5, 5.41) is 3.38. The monoisotopic (exact) mass is 313 g/mol. The molecular formula is C12H16BrN3O2. The quantitative estimate of drug-likeness (QED) is 0.899. The van der Waals surface area contributed by atoms with Gasteiger partial charge in [0.05, 0.1) is 0 Å². The normalized spacial score (nSPS) is 23.4. The summed E-state index contributed by atoms with van der Waals surface area (Å²) in [4.78, 5) is 14.9. The van der Waals surface area contributed by atoms with Gasteiger partial charge in [-0.2, -0.15) is 0 Å². The number of hydrogen-bond donors (Lipinski definition) is 2. The smallest absolute Gasteiger partial charge is 0.404 e. The fourth-order valence-electron chi connectivity index (χ4n) is 2.16. The van der Waals surface area contributed by atoms with Crippen LogP contribution in [-0.4, -0.2) is 23.2 Å². The Balaban J connectivity index is 1.79. The number of carbonyl (C=O) groups excluding carboxylic acids is 1. The Kier molecular flexibility index (Phi) is 4.41. The lowest BCUT2D eigenvalue weighted by molar-refractivity contribution is 0.0805. The Morgan fingerprint density at radius 2 is 2.11 bits per heavy atom. The number of amides is 1. The first-order valence-electron chi connectivity index (χ1n) is 5.97. The fraction of sp³-hybridized carbons (Fsp3) is 0.500. The lowest BCUT2D eigenvalue weighted by Gasteiger charge is -2.28. The van der Waals surface area contributed by atoms with Crippen LogP contribution in [0.15, 0.2) is 22.8 Å². The first-order valence-corrected chi connectivity index (χ1v) is 6.77. The summed E-state index contributed by atoms with van der Waals surface area (Å²) in [6.45, 7) is 0. The highest BCUT2D eigenvalue weighted by molar-refractivity contribution is 9.10. The molecule has 3 N–H and O–H groups in total. The fourth-order valence-corrected chi connectivity index (χ4v) is 2.39. The molecule has 0 saturated heterocycles. The minimum atomic E-state index is -0.680. The predicted molar refractivity (Wildman–Crippen MR) is 72.3 cm³/mol. The van der Waals surface area contributed by atoms with Crippen molar-refractivity contribution in [1.82, 2.24) is 4.98 Å². The molecule has 0 aromatic carbocycles. The van der Waals surface area contributed by atoms with Gasteiger partial charge in [0, 0.05) is 16.7 Å². The van der Waals surface area contributed by atoms with Crippen LogP contribution in [0.1, 0.15) is 25.7 Å². The average Bonchev–Trinajstić information content (AvgIpc) is 2.34. The van der Waals surface area contributed by atoms with Crippen LogP contribution in [0.5, 0.6) is 0 Å². The Labute approximate surface area is 114 Å². The number of primary amides is 1. The van der Waals surface area contributed by atoms with Crippen molar-refractivity contribution >= 4 is 27.8 Å². The molecule has 1 aliphatic carbocycles. The number of nitrogens with zero attached hydrogens (tertiary/aromatic N) is 1. The zero-order valence-electron chi connectivity index (χ0n) is 9.93. The molecule has 1 aromatic heterocycles. The molecule has 6 heteroatoms. The maximum absolute atomic E-state index is 10.6. The molecule has 1 amide bonds. The molecule has 1 fully saturated rings. The van der Waals surface area contributed by atoms with Gasteiger partial charge in [-0.3, -0.25) is 0 Å². The second kappa shape index (κ2) is 6.04. The van der Waals surface area contributed by atoms with Crippen molar-refractivity contribution in [1.29, 1.82) is 0 Å². The Bertz CT molecular complexity index is 402. The number of carbonyl (C=O) groups is 1. The molecule has 0 radical (unpaired) electrons. The van der Waals surface area contributed by atoms with E-state index in [2.05, 4.69) is 26.2 Å². The van der Waals surface area contributed by atoms with Gasteiger partial charge < -0.3 is 15.8 Å². The number of halogens is 1. The number of pyridine rings is 1. The number of nitrogens with one attached hydrogen (secondary N) is 1. The number of aromatic nitrogens is 1. The minimum absolute atomic E-state index is 0.0292. The van der Waals surface area contributed by atoms with E-state index in [9.17, 15) is 4.79 Å². The molecule has 0 unspecified atom stereocenters. The molecule has 1 aromatic rings. The van der Waals surface area contributed by atoms with Crippen molar-refractivity contribution in [2.75, 3.05) is 5.32 Å². The lowest BCUT2D eigenvalue weighted by Crippen LogP contribution is -2.32. The number of anilines is 1. The van der Waals surface area contributed by atoms with Crippen molar-refractivity contribution in [3.8, 4) is 0 Å². The van der Waals surface area contributed by atoms with E-state index in [0.717, 1.165) is 36.0 Å². The second-order valence-corrected chi connectivity index (χ2v) is 5.33. The van der Waals surface area contributed by atoms with E-state index < -0.39 is 6.09 Å². The van der Waals surface area contributed by atoms with E-state index in [1.165, 1.54) is 0 Å². The number of hydrogen-bond acceptors (Lipinski definition) is 4. The van der Waals surface area contributed by atoms with Crippen LogP contribution >= 0.6 is 15.9 Å².